The molecule has 0 saturated carbocycles. The Kier molecular flexibility index (Phi) is 3.19. The summed E-state index contributed by atoms with van der Waals surface area (Å²) in [4.78, 5) is 16.2. The van der Waals surface area contributed by atoms with Crippen LogP contribution in [0.1, 0.15) is 21.6 Å². The van der Waals surface area contributed by atoms with Gasteiger partial charge in [0.15, 0.2) is 0 Å². The lowest BCUT2D eigenvalue weighted by Gasteiger charge is -2.02. The van der Waals surface area contributed by atoms with E-state index in [1.807, 2.05) is 13.0 Å². The molecule has 1 aromatic heterocycles. The second kappa shape index (κ2) is 4.78. The number of hydrogen-bond acceptors (Lipinski definition) is 3. The Labute approximate surface area is 100 Å². The van der Waals surface area contributed by atoms with Crippen molar-refractivity contribution in [2.75, 3.05) is 7.11 Å². The van der Waals surface area contributed by atoms with Crippen LogP contribution in [0.2, 0.25) is 0 Å². The van der Waals surface area contributed by atoms with Crippen LogP contribution >= 0.6 is 0 Å². The molecular formula is C14H13NO2. The fourth-order valence-electron chi connectivity index (χ4n) is 1.49. The summed E-state index contributed by atoms with van der Waals surface area (Å²) in [7, 11) is 1.60. The summed E-state index contributed by atoms with van der Waals surface area (Å²) < 4.78 is 5.04. The molecule has 0 spiro atoms. The molecular weight excluding hydrogens is 214 g/mol. The first-order chi connectivity index (χ1) is 8.20. The van der Waals surface area contributed by atoms with Crippen molar-refractivity contribution < 1.29 is 9.53 Å². The largest absolute Gasteiger partial charge is 0.497 e. The molecule has 17 heavy (non-hydrogen) atoms. The van der Waals surface area contributed by atoms with E-state index in [0.717, 1.165) is 11.3 Å². The van der Waals surface area contributed by atoms with Crippen molar-refractivity contribution in [1.82, 2.24) is 4.98 Å². The van der Waals surface area contributed by atoms with Crippen LogP contribution in [0.25, 0.3) is 0 Å². The van der Waals surface area contributed by atoms with Crippen molar-refractivity contribution in [2.45, 2.75) is 6.92 Å². The zero-order valence-electron chi connectivity index (χ0n) is 9.81. The second-order valence-electron chi connectivity index (χ2n) is 3.78. The summed E-state index contributed by atoms with van der Waals surface area (Å²) in [6, 6.07) is 10.6. The average molecular weight is 227 g/mol. The third-order valence-electron chi connectivity index (χ3n) is 2.50. The molecule has 0 aliphatic carbocycles. The van der Waals surface area contributed by atoms with E-state index in [9.17, 15) is 4.79 Å². The summed E-state index contributed by atoms with van der Waals surface area (Å²) in [6.45, 7) is 1.94. The molecule has 1 aromatic carbocycles. The molecule has 0 aliphatic heterocycles. The van der Waals surface area contributed by atoms with Crippen LogP contribution < -0.4 is 4.74 Å². The third-order valence-corrected chi connectivity index (χ3v) is 2.50. The van der Waals surface area contributed by atoms with Crippen LogP contribution in [0.3, 0.4) is 0 Å². The van der Waals surface area contributed by atoms with Gasteiger partial charge in [0.05, 0.1) is 7.11 Å². The highest BCUT2D eigenvalue weighted by Gasteiger charge is 2.09. The predicted octanol–water partition coefficient (Wildman–Crippen LogP) is 2.63. The van der Waals surface area contributed by atoms with E-state index in [1.165, 1.54) is 0 Å². The Morgan fingerprint density at radius 3 is 2.35 bits per heavy atom. The summed E-state index contributed by atoms with van der Waals surface area (Å²) >= 11 is 0. The van der Waals surface area contributed by atoms with Gasteiger partial charge in [0, 0.05) is 11.8 Å². The number of pyridine rings is 1. The molecule has 0 saturated heterocycles. The molecule has 2 aromatic rings. The van der Waals surface area contributed by atoms with Crippen LogP contribution in [-0.4, -0.2) is 17.9 Å². The maximum atomic E-state index is 12.1. The molecule has 0 aliphatic rings. The molecule has 0 bridgehead atoms. The first kappa shape index (κ1) is 11.3. The lowest BCUT2D eigenvalue weighted by molar-refractivity contribution is 0.103. The highest BCUT2D eigenvalue weighted by molar-refractivity contribution is 6.07. The van der Waals surface area contributed by atoms with Crippen LogP contribution in [0, 0.1) is 6.92 Å². The quantitative estimate of drug-likeness (QED) is 0.757. The summed E-state index contributed by atoms with van der Waals surface area (Å²) in [6.07, 6.45) is 1.69. The summed E-state index contributed by atoms with van der Waals surface area (Å²) in [5, 5.41) is 0. The van der Waals surface area contributed by atoms with Crippen molar-refractivity contribution in [3.05, 3.63) is 59.4 Å². The lowest BCUT2D eigenvalue weighted by Crippen LogP contribution is -2.03. The number of carbonyl (C=O) groups is 1. The Bertz CT molecular complexity index is 515. The number of methoxy groups -OCH3 is 1. The number of carbonyl (C=O) groups excluding carboxylic acids is 1. The smallest absolute Gasteiger partial charge is 0.211 e. The van der Waals surface area contributed by atoms with Gasteiger partial charge in [-0.3, -0.25) is 9.78 Å². The molecule has 1 heterocycles. The van der Waals surface area contributed by atoms with Crippen LogP contribution in [0.15, 0.2) is 42.6 Å². The van der Waals surface area contributed by atoms with Gasteiger partial charge in [0.2, 0.25) is 5.78 Å². The molecule has 3 heteroatoms. The fourth-order valence-corrected chi connectivity index (χ4v) is 1.49. The Morgan fingerprint density at radius 1 is 1.12 bits per heavy atom. The second-order valence-corrected chi connectivity index (χ2v) is 3.78. The van der Waals surface area contributed by atoms with Crippen LogP contribution in [0.4, 0.5) is 0 Å². The Hall–Kier alpha value is -2.16. The monoisotopic (exact) mass is 227 g/mol. The molecule has 0 radical (unpaired) electrons. The van der Waals surface area contributed by atoms with Crippen LogP contribution in [0.5, 0.6) is 5.75 Å². The molecule has 0 atom stereocenters. The average Bonchev–Trinajstić information content (AvgIpc) is 2.39. The number of aromatic nitrogens is 1. The number of ether oxygens (including phenoxy) is 1. The minimum atomic E-state index is -0.0762. The zero-order valence-corrected chi connectivity index (χ0v) is 9.81. The van der Waals surface area contributed by atoms with Crippen molar-refractivity contribution in [2.24, 2.45) is 0 Å². The fraction of sp³-hybridized carbons (Fsp3) is 0.143. The number of aryl methyl sites for hydroxylation is 1. The van der Waals surface area contributed by atoms with Gasteiger partial charge in [-0.1, -0.05) is 6.07 Å². The highest BCUT2D eigenvalue weighted by atomic mass is 16.5. The predicted molar refractivity (Wildman–Crippen MR) is 65.4 cm³/mol. The molecule has 0 fully saturated rings. The highest BCUT2D eigenvalue weighted by Crippen LogP contribution is 2.14. The van der Waals surface area contributed by atoms with E-state index in [2.05, 4.69) is 4.98 Å². The Morgan fingerprint density at radius 2 is 1.82 bits per heavy atom. The molecule has 0 unspecified atom stereocenters. The summed E-state index contributed by atoms with van der Waals surface area (Å²) in [5.74, 6) is 0.658. The molecule has 3 nitrogen and oxygen atoms in total. The van der Waals surface area contributed by atoms with Crippen LogP contribution in [-0.2, 0) is 0 Å². The van der Waals surface area contributed by atoms with Crippen molar-refractivity contribution >= 4 is 5.78 Å². The lowest BCUT2D eigenvalue weighted by atomic mass is 10.1. The van der Waals surface area contributed by atoms with E-state index in [-0.39, 0.29) is 5.78 Å². The van der Waals surface area contributed by atoms with E-state index in [0.29, 0.717) is 11.3 Å². The van der Waals surface area contributed by atoms with Gasteiger partial charge >= 0.3 is 0 Å². The molecule has 86 valence electrons. The number of nitrogens with zero attached hydrogens (tertiary/aromatic N) is 1. The van der Waals surface area contributed by atoms with Crippen molar-refractivity contribution in [1.29, 1.82) is 0 Å². The molecule has 0 amide bonds. The minimum absolute atomic E-state index is 0.0762. The number of ketones is 1. The summed E-state index contributed by atoms with van der Waals surface area (Å²) in [5.41, 5.74) is 2.11. The Balaban J connectivity index is 2.27. The number of rotatable bonds is 3. The van der Waals surface area contributed by atoms with Crippen molar-refractivity contribution in [3.63, 3.8) is 0 Å². The maximum absolute atomic E-state index is 12.1. The molecule has 2 rings (SSSR count). The van der Waals surface area contributed by atoms with Gasteiger partial charge < -0.3 is 4.74 Å². The zero-order chi connectivity index (χ0) is 12.3. The van der Waals surface area contributed by atoms with Gasteiger partial charge in [0.1, 0.15) is 11.4 Å². The number of benzene rings is 1. The van der Waals surface area contributed by atoms with E-state index < -0.39 is 0 Å². The minimum Gasteiger partial charge on any atom is -0.497 e. The van der Waals surface area contributed by atoms with Gasteiger partial charge in [0.25, 0.3) is 0 Å². The van der Waals surface area contributed by atoms with E-state index in [4.69, 9.17) is 4.74 Å². The first-order valence-corrected chi connectivity index (χ1v) is 5.32. The van der Waals surface area contributed by atoms with Gasteiger partial charge in [-0.05, 0) is 42.8 Å². The van der Waals surface area contributed by atoms with Gasteiger partial charge in [-0.2, -0.15) is 0 Å². The SMILES string of the molecule is COc1ccc(C(=O)c2ccc(C)cn2)cc1. The molecule has 0 N–H and O–H groups in total. The first-order valence-electron chi connectivity index (χ1n) is 5.32. The van der Waals surface area contributed by atoms with Crippen molar-refractivity contribution in [3.8, 4) is 5.75 Å². The standard InChI is InChI=1S/C14H13NO2/c1-10-3-8-13(15-9-10)14(16)11-4-6-12(17-2)7-5-11/h3-9H,1-2H3. The maximum Gasteiger partial charge on any atom is 0.211 e. The van der Waals surface area contributed by atoms with E-state index in [1.54, 1.807) is 43.6 Å². The van der Waals surface area contributed by atoms with E-state index >= 15 is 0 Å². The van der Waals surface area contributed by atoms with Gasteiger partial charge in [-0.15, -0.1) is 0 Å². The third kappa shape index (κ3) is 2.50. The van der Waals surface area contributed by atoms with Gasteiger partial charge in [-0.25, -0.2) is 0 Å². The number of hydrogen-bond donors (Lipinski definition) is 0. The normalized spacial score (nSPS) is 10.0. The topological polar surface area (TPSA) is 39.2 Å².